The molecular formula is C19H15NO2. The number of para-hydroxylation sites is 2. The summed E-state index contributed by atoms with van der Waals surface area (Å²) in [6, 6.07) is 28.0. The molecule has 3 nitrogen and oxygen atoms in total. The maximum Gasteiger partial charge on any atom is 0.363 e. The average Bonchev–Trinajstić information content (AvgIpc) is 2.62. The molecule has 0 atom stereocenters. The third kappa shape index (κ3) is 3.15. The third-order valence-corrected chi connectivity index (χ3v) is 3.17. The number of rotatable bonds is 4. The summed E-state index contributed by atoms with van der Waals surface area (Å²) in [5.74, 6) is -0.395. The molecule has 0 N–H and O–H groups in total. The van der Waals surface area contributed by atoms with Crippen LogP contribution in [0.2, 0.25) is 0 Å². The molecular weight excluding hydrogens is 274 g/mol. The van der Waals surface area contributed by atoms with E-state index in [1.165, 1.54) is 5.06 Å². The first-order valence-corrected chi connectivity index (χ1v) is 7.02. The Morgan fingerprint density at radius 1 is 0.636 bits per heavy atom. The number of hydrogen-bond acceptors (Lipinski definition) is 3. The summed E-state index contributed by atoms with van der Waals surface area (Å²) in [6.45, 7) is 0. The van der Waals surface area contributed by atoms with Crippen molar-refractivity contribution in [3.05, 3.63) is 96.6 Å². The zero-order chi connectivity index (χ0) is 15.2. The van der Waals surface area contributed by atoms with Gasteiger partial charge in [0.1, 0.15) is 0 Å². The van der Waals surface area contributed by atoms with Crippen LogP contribution in [0.3, 0.4) is 0 Å². The van der Waals surface area contributed by atoms with Crippen molar-refractivity contribution in [2.24, 2.45) is 0 Å². The van der Waals surface area contributed by atoms with Crippen molar-refractivity contribution in [1.29, 1.82) is 0 Å². The number of anilines is 2. The molecule has 0 unspecified atom stereocenters. The molecule has 0 aliphatic rings. The molecule has 108 valence electrons. The number of nitrogens with zero attached hydrogens (tertiary/aromatic N) is 1. The van der Waals surface area contributed by atoms with Gasteiger partial charge in [0.25, 0.3) is 0 Å². The summed E-state index contributed by atoms with van der Waals surface area (Å²) in [6.07, 6.45) is 0. The Balaban J connectivity index is 1.91. The lowest BCUT2D eigenvalue weighted by Crippen LogP contribution is -2.22. The second-order valence-corrected chi connectivity index (χ2v) is 4.71. The molecule has 3 aromatic rings. The molecule has 0 amide bonds. The zero-order valence-corrected chi connectivity index (χ0v) is 11.9. The van der Waals surface area contributed by atoms with Gasteiger partial charge >= 0.3 is 5.97 Å². The van der Waals surface area contributed by atoms with Crippen LogP contribution in [0.5, 0.6) is 0 Å². The van der Waals surface area contributed by atoms with Gasteiger partial charge in [-0.15, -0.1) is 0 Å². The van der Waals surface area contributed by atoms with Crippen LogP contribution < -0.4 is 5.06 Å². The Hall–Kier alpha value is -3.07. The first kappa shape index (κ1) is 13.9. The minimum atomic E-state index is -0.395. The molecule has 3 rings (SSSR count). The summed E-state index contributed by atoms with van der Waals surface area (Å²) in [7, 11) is 0. The highest BCUT2D eigenvalue weighted by atomic mass is 16.7. The predicted octanol–water partition coefficient (Wildman–Crippen LogP) is 4.60. The summed E-state index contributed by atoms with van der Waals surface area (Å²) in [5.41, 5.74) is 2.09. The lowest BCUT2D eigenvalue weighted by atomic mass is 10.2. The van der Waals surface area contributed by atoms with Crippen LogP contribution in [-0.2, 0) is 4.84 Å². The van der Waals surface area contributed by atoms with Crippen LogP contribution in [0.15, 0.2) is 91.0 Å². The fourth-order valence-corrected chi connectivity index (χ4v) is 2.09. The summed E-state index contributed by atoms with van der Waals surface area (Å²) in [5, 5.41) is 1.54. The molecule has 0 fully saturated rings. The van der Waals surface area contributed by atoms with Crippen molar-refractivity contribution in [1.82, 2.24) is 0 Å². The minimum Gasteiger partial charge on any atom is -0.330 e. The fourth-order valence-electron chi connectivity index (χ4n) is 2.09. The molecule has 0 heterocycles. The Morgan fingerprint density at radius 2 is 1.05 bits per heavy atom. The van der Waals surface area contributed by atoms with Gasteiger partial charge in [0.05, 0.1) is 16.9 Å². The van der Waals surface area contributed by atoms with Crippen molar-refractivity contribution in [3.8, 4) is 0 Å². The van der Waals surface area contributed by atoms with Crippen LogP contribution in [0.4, 0.5) is 11.4 Å². The van der Waals surface area contributed by atoms with E-state index >= 15 is 0 Å². The van der Waals surface area contributed by atoms with Crippen molar-refractivity contribution in [2.75, 3.05) is 5.06 Å². The van der Waals surface area contributed by atoms with E-state index in [0.29, 0.717) is 5.56 Å². The Morgan fingerprint density at radius 3 is 1.50 bits per heavy atom. The van der Waals surface area contributed by atoms with E-state index in [2.05, 4.69) is 0 Å². The molecule has 0 saturated carbocycles. The average molecular weight is 289 g/mol. The lowest BCUT2D eigenvalue weighted by Gasteiger charge is -2.23. The molecule has 0 radical (unpaired) electrons. The topological polar surface area (TPSA) is 29.5 Å². The van der Waals surface area contributed by atoms with E-state index in [1.54, 1.807) is 12.1 Å². The van der Waals surface area contributed by atoms with Crippen LogP contribution in [-0.4, -0.2) is 5.97 Å². The quantitative estimate of drug-likeness (QED) is 0.657. The van der Waals surface area contributed by atoms with E-state index < -0.39 is 5.97 Å². The first-order chi connectivity index (χ1) is 10.8. The van der Waals surface area contributed by atoms with Gasteiger partial charge in [0.2, 0.25) is 0 Å². The molecule has 0 bridgehead atoms. The largest absolute Gasteiger partial charge is 0.363 e. The van der Waals surface area contributed by atoms with Crippen LogP contribution in [0, 0.1) is 0 Å². The van der Waals surface area contributed by atoms with Gasteiger partial charge in [-0.2, -0.15) is 5.06 Å². The van der Waals surface area contributed by atoms with Gasteiger partial charge in [-0.1, -0.05) is 54.6 Å². The molecule has 0 aliphatic heterocycles. The fraction of sp³-hybridized carbons (Fsp3) is 0. The Bertz CT molecular complexity index is 688. The van der Waals surface area contributed by atoms with Gasteiger partial charge in [0.15, 0.2) is 0 Å². The highest BCUT2D eigenvalue weighted by Gasteiger charge is 2.16. The summed E-state index contributed by atoms with van der Waals surface area (Å²) < 4.78 is 0. The zero-order valence-electron chi connectivity index (χ0n) is 11.9. The lowest BCUT2D eigenvalue weighted by molar-refractivity contribution is 0.0504. The van der Waals surface area contributed by atoms with Crippen molar-refractivity contribution < 1.29 is 9.63 Å². The van der Waals surface area contributed by atoms with Gasteiger partial charge < -0.3 is 4.84 Å². The number of benzene rings is 3. The Labute approximate surface area is 129 Å². The molecule has 0 aromatic heterocycles. The molecule has 0 aliphatic carbocycles. The second kappa shape index (κ2) is 6.59. The molecule has 3 aromatic carbocycles. The van der Waals surface area contributed by atoms with E-state index in [9.17, 15) is 4.79 Å². The van der Waals surface area contributed by atoms with Crippen LogP contribution in [0.1, 0.15) is 10.4 Å². The van der Waals surface area contributed by atoms with Crippen molar-refractivity contribution in [3.63, 3.8) is 0 Å². The highest BCUT2D eigenvalue weighted by molar-refractivity contribution is 5.90. The monoisotopic (exact) mass is 289 g/mol. The van der Waals surface area contributed by atoms with E-state index in [4.69, 9.17) is 4.84 Å². The normalized spacial score (nSPS) is 10.0. The standard InChI is InChI=1S/C19H15NO2/c21-19(16-10-4-1-5-11-16)22-20(17-12-6-2-7-13-17)18-14-8-3-9-15-18/h1-15H. The van der Waals surface area contributed by atoms with Gasteiger partial charge in [0, 0.05) is 0 Å². The van der Waals surface area contributed by atoms with Crippen molar-refractivity contribution >= 4 is 17.3 Å². The minimum absolute atomic E-state index is 0.395. The number of hydrogen-bond donors (Lipinski definition) is 0. The molecule has 0 spiro atoms. The van der Waals surface area contributed by atoms with E-state index in [0.717, 1.165) is 11.4 Å². The second-order valence-electron chi connectivity index (χ2n) is 4.71. The first-order valence-electron chi connectivity index (χ1n) is 7.02. The highest BCUT2D eigenvalue weighted by Crippen LogP contribution is 2.25. The molecule has 0 saturated heterocycles. The van der Waals surface area contributed by atoms with Gasteiger partial charge in [-0.05, 0) is 36.4 Å². The molecule has 3 heteroatoms. The predicted molar refractivity (Wildman–Crippen MR) is 86.9 cm³/mol. The summed E-state index contributed by atoms with van der Waals surface area (Å²) in [4.78, 5) is 17.9. The molecule has 22 heavy (non-hydrogen) atoms. The van der Waals surface area contributed by atoms with Gasteiger partial charge in [-0.3, -0.25) is 0 Å². The van der Waals surface area contributed by atoms with E-state index in [-0.39, 0.29) is 0 Å². The third-order valence-electron chi connectivity index (χ3n) is 3.17. The summed E-state index contributed by atoms with van der Waals surface area (Å²) >= 11 is 0. The smallest absolute Gasteiger partial charge is 0.330 e. The SMILES string of the molecule is O=C(ON(c1ccccc1)c1ccccc1)c1ccccc1. The Kier molecular flexibility index (Phi) is 4.16. The number of carbonyl (C=O) groups is 1. The van der Waals surface area contributed by atoms with Gasteiger partial charge in [-0.25, -0.2) is 4.79 Å². The van der Waals surface area contributed by atoms with Crippen LogP contribution >= 0.6 is 0 Å². The maximum atomic E-state index is 12.3. The maximum absolute atomic E-state index is 12.3. The van der Waals surface area contributed by atoms with Crippen LogP contribution in [0.25, 0.3) is 0 Å². The van der Waals surface area contributed by atoms with E-state index in [1.807, 2.05) is 78.9 Å². The van der Waals surface area contributed by atoms with Crippen molar-refractivity contribution in [2.45, 2.75) is 0 Å². The number of carbonyl (C=O) groups excluding carboxylic acids is 1.